The van der Waals surface area contributed by atoms with Crippen LogP contribution in [0.1, 0.15) is 12.0 Å². The van der Waals surface area contributed by atoms with Gasteiger partial charge in [0.2, 0.25) is 0 Å². The number of aromatic amines is 1. The van der Waals surface area contributed by atoms with Crippen LogP contribution in [-0.4, -0.2) is 101 Å². The van der Waals surface area contributed by atoms with Crippen molar-refractivity contribution in [3.05, 3.63) is 40.4 Å². The highest BCUT2D eigenvalue weighted by atomic mass is 19.4. The average molecular weight is 584 g/mol. The van der Waals surface area contributed by atoms with E-state index in [1.54, 1.807) is 6.07 Å². The number of hydrogen-bond donors (Lipinski definition) is 2. The number of anilines is 3. The van der Waals surface area contributed by atoms with Crippen LogP contribution in [0, 0.1) is 0 Å². The zero-order chi connectivity index (χ0) is 29.7. The number of fused-ring (bicyclic) bond motifs is 1. The van der Waals surface area contributed by atoms with Crippen molar-refractivity contribution in [1.82, 2.24) is 29.5 Å². The Morgan fingerprint density at radius 2 is 1.83 bits per heavy atom. The summed E-state index contributed by atoms with van der Waals surface area (Å²) in [7, 11) is 4.27. The summed E-state index contributed by atoms with van der Waals surface area (Å²) in [6.45, 7) is 2.72. The quantitative estimate of drug-likeness (QED) is 0.455. The normalized spacial score (nSPS) is 20.0. The van der Waals surface area contributed by atoms with E-state index in [0.29, 0.717) is 34.0 Å². The number of nitrogens with one attached hydrogen (secondary N) is 2. The highest BCUT2D eigenvalue weighted by Crippen LogP contribution is 2.35. The molecule has 5 heterocycles. The van der Waals surface area contributed by atoms with Crippen molar-refractivity contribution < 1.29 is 26.7 Å². The standard InChI is InChI=1S/C25H30F5N9O2/c1-35-6-8-38(9-7-35)21-17-11-16(12-31-20(17)33-34-21)39-5-4-19(24(26,27)14-39)37(3)23(41)32-18-10-15(25(28,29)30)13-36(2)22(18)40/h10-13,19H,4-9,14H2,1-3H3,(H,32,41)(H,31,33,34)/t19-/m1/s1. The van der Waals surface area contributed by atoms with Gasteiger partial charge in [0.25, 0.3) is 11.5 Å². The van der Waals surface area contributed by atoms with Gasteiger partial charge >= 0.3 is 12.2 Å². The number of nitrogens with zero attached hydrogens (tertiary/aromatic N) is 7. The molecule has 16 heteroatoms. The van der Waals surface area contributed by atoms with E-state index in [9.17, 15) is 22.8 Å². The molecule has 41 heavy (non-hydrogen) atoms. The van der Waals surface area contributed by atoms with E-state index < -0.39 is 47.5 Å². The van der Waals surface area contributed by atoms with Crippen molar-refractivity contribution in [1.29, 1.82) is 0 Å². The Hall–Kier alpha value is -3.95. The minimum absolute atomic E-state index is 0.133. The van der Waals surface area contributed by atoms with Crippen molar-refractivity contribution in [2.75, 3.05) is 68.5 Å². The second kappa shape index (κ2) is 10.5. The Morgan fingerprint density at radius 1 is 1.12 bits per heavy atom. The van der Waals surface area contributed by atoms with Gasteiger partial charge in [0.05, 0.1) is 29.4 Å². The summed E-state index contributed by atoms with van der Waals surface area (Å²) in [6.07, 6.45) is -2.82. The van der Waals surface area contributed by atoms with E-state index in [1.807, 2.05) is 7.05 Å². The third-order valence-electron chi connectivity index (χ3n) is 7.65. The summed E-state index contributed by atoms with van der Waals surface area (Å²) in [4.78, 5) is 36.0. The van der Waals surface area contributed by atoms with Crippen LogP contribution in [0.2, 0.25) is 0 Å². The molecule has 2 saturated heterocycles. The molecule has 222 valence electrons. The Morgan fingerprint density at radius 3 is 2.49 bits per heavy atom. The van der Waals surface area contributed by atoms with Gasteiger partial charge in [-0.3, -0.25) is 9.89 Å². The zero-order valence-corrected chi connectivity index (χ0v) is 22.7. The van der Waals surface area contributed by atoms with Crippen LogP contribution in [0.3, 0.4) is 0 Å². The number of likely N-dealkylation sites (N-methyl/N-ethyl adjacent to an activating group) is 1. The van der Waals surface area contributed by atoms with Crippen LogP contribution in [0.25, 0.3) is 11.0 Å². The average Bonchev–Trinajstić information content (AvgIpc) is 3.33. The first-order valence-electron chi connectivity index (χ1n) is 13.0. The lowest BCUT2D eigenvalue weighted by atomic mass is 9.99. The number of halogens is 5. The molecule has 0 spiro atoms. The third-order valence-corrected chi connectivity index (χ3v) is 7.65. The maximum atomic E-state index is 15.4. The van der Waals surface area contributed by atoms with Crippen LogP contribution in [-0.2, 0) is 13.2 Å². The van der Waals surface area contributed by atoms with Crippen molar-refractivity contribution in [3.8, 4) is 0 Å². The van der Waals surface area contributed by atoms with E-state index in [-0.39, 0.29) is 13.0 Å². The monoisotopic (exact) mass is 583 g/mol. The molecule has 2 aliphatic heterocycles. The van der Waals surface area contributed by atoms with Gasteiger partial charge in [0, 0.05) is 53.0 Å². The molecule has 2 N–H and O–H groups in total. The Balaban J connectivity index is 1.31. The summed E-state index contributed by atoms with van der Waals surface area (Å²) < 4.78 is 71.1. The van der Waals surface area contributed by atoms with Gasteiger partial charge in [-0.25, -0.2) is 18.6 Å². The predicted octanol–water partition coefficient (Wildman–Crippen LogP) is 2.81. The number of H-pyrrole nitrogens is 1. The Bertz CT molecular complexity index is 1500. The number of aryl methyl sites for hydroxylation is 1. The van der Waals surface area contributed by atoms with Crippen LogP contribution >= 0.6 is 0 Å². The first kappa shape index (κ1) is 28.6. The predicted molar refractivity (Wildman–Crippen MR) is 143 cm³/mol. The molecule has 0 bridgehead atoms. The third kappa shape index (κ3) is 5.64. The molecule has 0 unspecified atom stereocenters. The minimum Gasteiger partial charge on any atom is -0.364 e. The fraction of sp³-hybridized carbons (Fsp3) is 0.520. The van der Waals surface area contributed by atoms with Crippen molar-refractivity contribution in [2.45, 2.75) is 24.6 Å². The van der Waals surface area contributed by atoms with E-state index >= 15 is 8.78 Å². The van der Waals surface area contributed by atoms with E-state index in [0.717, 1.165) is 50.6 Å². The van der Waals surface area contributed by atoms with Gasteiger partial charge in [0.15, 0.2) is 11.5 Å². The van der Waals surface area contributed by atoms with Crippen molar-refractivity contribution >= 4 is 34.3 Å². The van der Waals surface area contributed by atoms with E-state index in [1.165, 1.54) is 11.1 Å². The van der Waals surface area contributed by atoms with Gasteiger partial charge in [-0.2, -0.15) is 18.3 Å². The molecule has 5 rings (SSSR count). The van der Waals surface area contributed by atoms with Crippen molar-refractivity contribution in [3.63, 3.8) is 0 Å². The van der Waals surface area contributed by atoms with Gasteiger partial charge in [-0.15, -0.1) is 0 Å². The number of amides is 2. The lowest BCUT2D eigenvalue weighted by Crippen LogP contribution is -2.59. The molecular weight excluding hydrogens is 553 g/mol. The fourth-order valence-corrected chi connectivity index (χ4v) is 5.24. The van der Waals surface area contributed by atoms with Crippen LogP contribution in [0.15, 0.2) is 29.3 Å². The molecule has 3 aromatic heterocycles. The van der Waals surface area contributed by atoms with E-state index in [4.69, 9.17) is 0 Å². The summed E-state index contributed by atoms with van der Waals surface area (Å²) in [5.41, 5.74) is -1.70. The second-order valence-electron chi connectivity index (χ2n) is 10.5. The van der Waals surface area contributed by atoms with E-state index in [2.05, 4.69) is 30.3 Å². The lowest BCUT2D eigenvalue weighted by Gasteiger charge is -2.42. The summed E-state index contributed by atoms with van der Waals surface area (Å²) in [5.74, 6) is -2.67. The molecule has 11 nitrogen and oxygen atoms in total. The molecular formula is C25H30F5N9O2. The molecule has 2 aliphatic rings. The summed E-state index contributed by atoms with van der Waals surface area (Å²) >= 11 is 0. The van der Waals surface area contributed by atoms with Gasteiger partial charge in [0.1, 0.15) is 11.7 Å². The summed E-state index contributed by atoms with van der Waals surface area (Å²) in [5, 5.41) is 10.1. The molecule has 2 amide bonds. The van der Waals surface area contributed by atoms with Gasteiger partial charge in [-0.05, 0) is 25.6 Å². The Kier molecular flexibility index (Phi) is 7.29. The number of hydrogen-bond acceptors (Lipinski definition) is 7. The highest BCUT2D eigenvalue weighted by molar-refractivity contribution is 5.90. The van der Waals surface area contributed by atoms with Crippen LogP contribution < -0.4 is 20.7 Å². The number of urea groups is 1. The minimum atomic E-state index is -4.77. The molecule has 0 aliphatic carbocycles. The number of alkyl halides is 5. The SMILES string of the molecule is CN1CCN(c2n[nH]c3ncc(N4CC[C@@H](N(C)C(=O)Nc5cc(C(F)(F)F)cn(C)c5=O)C(F)(F)C4)cc23)CC1. The maximum absolute atomic E-state index is 15.4. The number of aromatic nitrogens is 4. The smallest absolute Gasteiger partial charge is 0.364 e. The molecule has 0 radical (unpaired) electrons. The first-order valence-corrected chi connectivity index (χ1v) is 13.0. The fourth-order valence-electron chi connectivity index (χ4n) is 5.24. The molecule has 3 aromatic rings. The molecule has 1 atom stereocenters. The zero-order valence-electron chi connectivity index (χ0n) is 22.7. The number of carbonyl (C=O) groups is 1. The maximum Gasteiger partial charge on any atom is 0.417 e. The number of rotatable bonds is 4. The number of pyridine rings is 2. The first-order chi connectivity index (χ1) is 19.2. The number of piperazine rings is 1. The van der Waals surface area contributed by atoms with Gasteiger partial charge < -0.3 is 29.5 Å². The van der Waals surface area contributed by atoms with Gasteiger partial charge in [-0.1, -0.05) is 0 Å². The van der Waals surface area contributed by atoms with Crippen molar-refractivity contribution in [2.24, 2.45) is 7.05 Å². The molecule has 0 saturated carbocycles. The lowest BCUT2D eigenvalue weighted by molar-refractivity contribution is -0.138. The van der Waals surface area contributed by atoms with Crippen LogP contribution in [0.5, 0.6) is 0 Å². The molecule has 0 aromatic carbocycles. The van der Waals surface area contributed by atoms with Crippen LogP contribution in [0.4, 0.5) is 43.9 Å². The second-order valence-corrected chi connectivity index (χ2v) is 10.5. The number of carbonyl (C=O) groups excluding carboxylic acids is 1. The highest BCUT2D eigenvalue weighted by Gasteiger charge is 2.48. The largest absolute Gasteiger partial charge is 0.417 e. The topological polar surface area (TPSA) is 106 Å². The Labute approximate surface area is 231 Å². The molecule has 2 fully saturated rings. The number of piperidine rings is 1. The summed E-state index contributed by atoms with van der Waals surface area (Å²) in [6, 6.07) is -0.405.